The highest BCUT2D eigenvalue weighted by atomic mass is 32.2. The van der Waals surface area contributed by atoms with Gasteiger partial charge in [0.1, 0.15) is 17.5 Å². The largest absolute Gasteiger partial charge is 0.480 e. The molecule has 0 bridgehead atoms. The molecule has 1 aromatic carbocycles. The van der Waals surface area contributed by atoms with Crippen LogP contribution in [0.15, 0.2) is 18.2 Å². The number of nitrogens with zero attached hydrogens (tertiary/aromatic N) is 2. The van der Waals surface area contributed by atoms with E-state index in [1.54, 1.807) is 19.9 Å². The van der Waals surface area contributed by atoms with Gasteiger partial charge in [-0.05, 0) is 32.0 Å². The van der Waals surface area contributed by atoms with Crippen LogP contribution < -0.4 is 16.4 Å². The van der Waals surface area contributed by atoms with Gasteiger partial charge in [-0.25, -0.2) is 9.78 Å². The van der Waals surface area contributed by atoms with Crippen LogP contribution in [0.3, 0.4) is 0 Å². The lowest BCUT2D eigenvalue weighted by molar-refractivity contribution is -0.161. The number of hydrogen-bond donors (Lipinski definition) is 4. The summed E-state index contributed by atoms with van der Waals surface area (Å²) in [6, 6.07) is 3.89. The highest BCUT2D eigenvalue weighted by molar-refractivity contribution is 8.01. The van der Waals surface area contributed by atoms with Gasteiger partial charge in [0.2, 0.25) is 11.8 Å². The van der Waals surface area contributed by atoms with Gasteiger partial charge in [0, 0.05) is 10.4 Å². The molecule has 0 aliphatic carbocycles. The summed E-state index contributed by atoms with van der Waals surface area (Å²) >= 11 is 2.76. The smallest absolute Gasteiger partial charge is 0.327 e. The summed E-state index contributed by atoms with van der Waals surface area (Å²) in [5, 5.41) is 15.3. The highest BCUT2D eigenvalue weighted by Gasteiger charge is 2.64. The van der Waals surface area contributed by atoms with Gasteiger partial charge in [0.15, 0.2) is 5.13 Å². The minimum atomic E-state index is -1.03. The van der Waals surface area contributed by atoms with Crippen molar-refractivity contribution < 1.29 is 19.5 Å². The topological polar surface area (TPSA) is 138 Å². The number of β-lactam (4-membered cyclic amide) rings is 1. The first-order valence-corrected chi connectivity index (χ1v) is 10.3. The van der Waals surface area contributed by atoms with Crippen molar-refractivity contribution in [2.45, 2.75) is 36.1 Å². The van der Waals surface area contributed by atoms with Gasteiger partial charge in [-0.3, -0.25) is 9.59 Å². The Kier molecular flexibility index (Phi) is 4.38. The number of thiazole rings is 1. The van der Waals surface area contributed by atoms with Gasteiger partial charge >= 0.3 is 5.97 Å². The molecule has 2 aliphatic rings. The van der Waals surface area contributed by atoms with E-state index in [9.17, 15) is 19.5 Å². The lowest BCUT2D eigenvalue weighted by atomic mass is 9.96. The normalized spacial score (nSPS) is 25.3. The summed E-state index contributed by atoms with van der Waals surface area (Å²) in [4.78, 5) is 41.8. The van der Waals surface area contributed by atoms with Crippen molar-refractivity contribution in [2.75, 3.05) is 17.6 Å². The molecule has 2 saturated heterocycles. The van der Waals surface area contributed by atoms with Gasteiger partial charge < -0.3 is 26.4 Å². The second-order valence-corrected chi connectivity index (χ2v) is 10.1. The van der Waals surface area contributed by atoms with E-state index in [0.717, 1.165) is 15.9 Å². The molecule has 2 fully saturated rings. The average Bonchev–Trinajstić information content (AvgIpc) is 3.11. The van der Waals surface area contributed by atoms with Crippen molar-refractivity contribution in [3.63, 3.8) is 0 Å². The summed E-state index contributed by atoms with van der Waals surface area (Å²) in [5.41, 5.74) is 7.23. The van der Waals surface area contributed by atoms with E-state index in [1.165, 1.54) is 28.0 Å². The summed E-state index contributed by atoms with van der Waals surface area (Å²) in [6.07, 6.45) is 0. The zero-order valence-electron chi connectivity index (χ0n) is 15.1. The number of amides is 2. The number of nitrogens with one attached hydrogen (secondary N) is 2. The number of aromatic nitrogens is 1. The van der Waals surface area contributed by atoms with Crippen molar-refractivity contribution in [1.29, 1.82) is 0 Å². The number of carboxylic acids is 1. The first kappa shape index (κ1) is 18.8. The Labute approximate surface area is 168 Å². The molecule has 0 saturated carbocycles. The standard InChI is InChI=1S/C17H19N5O4S2/c1-17(2)12(15(25)26)22-13(24)11(14(22)28-17)21-10(23)6-19-7-3-4-8-9(5-7)27-16(18)20-8/h3-5,11-12,14,19H,6H2,1-2H3,(H2,18,20)(H,21,23)(H,25,26)/t11-,12+,14-/m1/s1. The molecule has 0 spiro atoms. The number of aliphatic carboxylic acids is 1. The number of rotatable bonds is 5. The summed E-state index contributed by atoms with van der Waals surface area (Å²) in [7, 11) is 0. The maximum absolute atomic E-state index is 12.4. The molecule has 4 rings (SSSR count). The molecule has 0 radical (unpaired) electrons. The second kappa shape index (κ2) is 6.52. The number of carboxylic acid groups (broad SMARTS) is 1. The fourth-order valence-electron chi connectivity index (χ4n) is 3.60. The molecule has 2 aliphatic heterocycles. The fourth-order valence-corrected chi connectivity index (χ4v) is 6.00. The Morgan fingerprint density at radius 3 is 2.86 bits per heavy atom. The van der Waals surface area contributed by atoms with Crippen LogP contribution in [0.25, 0.3) is 10.2 Å². The zero-order chi connectivity index (χ0) is 20.2. The summed E-state index contributed by atoms with van der Waals surface area (Å²) in [6.45, 7) is 3.59. The quantitative estimate of drug-likeness (QED) is 0.523. The minimum Gasteiger partial charge on any atom is -0.480 e. The SMILES string of the molecule is CC1(C)S[C@@H]2[C@H](NC(=O)CNc3ccc4nc(N)sc4c3)C(=O)N2[C@H]1C(=O)O. The fraction of sp³-hybridized carbons (Fsp3) is 0.412. The van der Waals surface area contributed by atoms with E-state index >= 15 is 0 Å². The molecule has 9 nitrogen and oxygen atoms in total. The molecule has 2 amide bonds. The maximum atomic E-state index is 12.4. The molecule has 5 N–H and O–H groups in total. The predicted octanol–water partition coefficient (Wildman–Crippen LogP) is 0.922. The first-order valence-electron chi connectivity index (χ1n) is 8.59. The second-order valence-electron chi connectivity index (χ2n) is 7.23. The number of anilines is 2. The van der Waals surface area contributed by atoms with Crippen LogP contribution in [0, 0.1) is 0 Å². The molecule has 2 aromatic rings. The predicted molar refractivity (Wildman–Crippen MR) is 108 cm³/mol. The minimum absolute atomic E-state index is 0.00723. The van der Waals surface area contributed by atoms with Crippen molar-refractivity contribution in [1.82, 2.24) is 15.2 Å². The highest BCUT2D eigenvalue weighted by Crippen LogP contribution is 2.50. The third-order valence-electron chi connectivity index (χ3n) is 4.85. The monoisotopic (exact) mass is 421 g/mol. The Balaban J connectivity index is 1.36. The number of hydrogen-bond acceptors (Lipinski definition) is 8. The summed E-state index contributed by atoms with van der Waals surface area (Å²) in [5.74, 6) is -1.72. The van der Waals surface area contributed by atoms with E-state index in [2.05, 4.69) is 15.6 Å². The van der Waals surface area contributed by atoms with Gasteiger partial charge in [-0.2, -0.15) is 0 Å². The number of carbonyl (C=O) groups is 3. The van der Waals surface area contributed by atoms with Crippen LogP contribution in [-0.4, -0.2) is 61.5 Å². The Morgan fingerprint density at radius 2 is 2.14 bits per heavy atom. The first-order chi connectivity index (χ1) is 13.2. The van der Waals surface area contributed by atoms with Crippen LogP contribution >= 0.6 is 23.1 Å². The number of carbonyl (C=O) groups excluding carboxylic acids is 2. The molecule has 3 heterocycles. The van der Waals surface area contributed by atoms with Crippen LogP contribution in [0.2, 0.25) is 0 Å². The number of nitrogen functional groups attached to an aromatic ring is 1. The van der Waals surface area contributed by atoms with Gasteiger partial charge in [-0.15, -0.1) is 11.8 Å². The van der Waals surface area contributed by atoms with Gasteiger partial charge in [0.05, 0.1) is 16.8 Å². The number of nitrogens with two attached hydrogens (primary N) is 1. The summed E-state index contributed by atoms with van der Waals surface area (Å²) < 4.78 is 0.299. The lowest BCUT2D eigenvalue weighted by Crippen LogP contribution is -2.70. The molecule has 1 aromatic heterocycles. The van der Waals surface area contributed by atoms with Crippen LogP contribution in [-0.2, 0) is 14.4 Å². The van der Waals surface area contributed by atoms with Crippen molar-refractivity contribution in [3.8, 4) is 0 Å². The molecular formula is C17H19N5O4S2. The van der Waals surface area contributed by atoms with E-state index in [0.29, 0.717) is 5.13 Å². The Morgan fingerprint density at radius 1 is 1.39 bits per heavy atom. The lowest BCUT2D eigenvalue weighted by Gasteiger charge is -2.43. The third kappa shape index (κ3) is 3.04. The Bertz CT molecular complexity index is 991. The van der Waals surface area contributed by atoms with Gasteiger partial charge in [-0.1, -0.05) is 11.3 Å². The van der Waals surface area contributed by atoms with Crippen molar-refractivity contribution in [2.24, 2.45) is 0 Å². The van der Waals surface area contributed by atoms with Crippen molar-refractivity contribution >= 4 is 61.9 Å². The number of fused-ring (bicyclic) bond motifs is 2. The Hall–Kier alpha value is -2.53. The molecule has 148 valence electrons. The molecule has 28 heavy (non-hydrogen) atoms. The molecule has 0 unspecified atom stereocenters. The van der Waals surface area contributed by atoms with Crippen molar-refractivity contribution in [3.05, 3.63) is 18.2 Å². The molecular weight excluding hydrogens is 402 g/mol. The van der Waals surface area contributed by atoms with E-state index in [-0.39, 0.29) is 23.7 Å². The van der Waals surface area contributed by atoms with Crippen LogP contribution in [0.1, 0.15) is 13.8 Å². The molecule has 3 atom stereocenters. The van der Waals surface area contributed by atoms with Gasteiger partial charge in [0.25, 0.3) is 0 Å². The third-order valence-corrected chi connectivity index (χ3v) is 7.27. The van der Waals surface area contributed by atoms with Crippen LogP contribution in [0.4, 0.5) is 10.8 Å². The van der Waals surface area contributed by atoms with E-state index < -0.39 is 22.8 Å². The van der Waals surface area contributed by atoms with E-state index in [4.69, 9.17) is 5.73 Å². The molecule has 11 heteroatoms. The zero-order valence-corrected chi connectivity index (χ0v) is 16.8. The number of thioether (sulfide) groups is 1. The van der Waals surface area contributed by atoms with Crippen LogP contribution in [0.5, 0.6) is 0 Å². The average molecular weight is 422 g/mol. The maximum Gasteiger partial charge on any atom is 0.327 e. The van der Waals surface area contributed by atoms with E-state index in [1.807, 2.05) is 12.1 Å². The number of benzene rings is 1.